The summed E-state index contributed by atoms with van der Waals surface area (Å²) in [6.45, 7) is 3.16. The summed E-state index contributed by atoms with van der Waals surface area (Å²) < 4.78 is 0. The molecule has 4 heteroatoms. The normalized spacial score (nSPS) is 15.2. The number of hydrogen-bond acceptors (Lipinski definition) is 3. The number of aliphatic carboxylic acids is 1. The molecule has 0 amide bonds. The molecule has 0 fully saturated rings. The van der Waals surface area contributed by atoms with E-state index >= 15 is 0 Å². The molecule has 0 saturated heterocycles. The Morgan fingerprint density at radius 1 is 1.50 bits per heavy atom. The van der Waals surface area contributed by atoms with Crippen LogP contribution in [0.5, 0.6) is 0 Å². The van der Waals surface area contributed by atoms with Crippen molar-refractivity contribution in [2.45, 2.75) is 38.6 Å². The molecule has 1 unspecified atom stereocenters. The number of hydrogen-bond donors (Lipinski definition) is 2. The van der Waals surface area contributed by atoms with Crippen LogP contribution in [0.3, 0.4) is 0 Å². The van der Waals surface area contributed by atoms with Crippen molar-refractivity contribution in [3.8, 4) is 0 Å². The highest BCUT2D eigenvalue weighted by molar-refractivity contribution is 6.06. The molecule has 1 atom stereocenters. The summed E-state index contributed by atoms with van der Waals surface area (Å²) in [4.78, 5) is 21.6. The van der Waals surface area contributed by atoms with Gasteiger partial charge >= 0.3 is 5.97 Å². The van der Waals surface area contributed by atoms with E-state index in [0.717, 1.165) is 6.42 Å². The van der Waals surface area contributed by atoms with Crippen LogP contribution in [0.2, 0.25) is 0 Å². The quantitative estimate of drug-likeness (QED) is 0.595. The van der Waals surface area contributed by atoms with Gasteiger partial charge < -0.3 is 10.8 Å². The van der Waals surface area contributed by atoms with E-state index in [-0.39, 0.29) is 6.42 Å². The van der Waals surface area contributed by atoms with Gasteiger partial charge in [0.2, 0.25) is 0 Å². The molecule has 0 aliphatic heterocycles. The van der Waals surface area contributed by atoms with Gasteiger partial charge in [0.05, 0.1) is 0 Å². The summed E-state index contributed by atoms with van der Waals surface area (Å²) in [6.07, 6.45) is 1.80. The van der Waals surface area contributed by atoms with Gasteiger partial charge in [0.15, 0.2) is 11.3 Å². The maximum Gasteiger partial charge on any atom is 0.331 e. The summed E-state index contributed by atoms with van der Waals surface area (Å²) in [7, 11) is 0. The first-order valence-corrected chi connectivity index (χ1v) is 3.98. The van der Waals surface area contributed by atoms with E-state index in [1.165, 1.54) is 6.92 Å². The van der Waals surface area contributed by atoms with E-state index < -0.39 is 17.3 Å². The molecule has 0 spiro atoms. The van der Waals surface area contributed by atoms with E-state index in [0.29, 0.717) is 6.42 Å². The van der Waals surface area contributed by atoms with Crippen LogP contribution in [-0.2, 0) is 9.59 Å². The Labute approximate surface area is 71.8 Å². The predicted octanol–water partition coefficient (Wildman–Crippen LogP) is 0.548. The molecular formula is C8H15NO3. The van der Waals surface area contributed by atoms with Crippen molar-refractivity contribution >= 4 is 11.8 Å². The lowest BCUT2D eigenvalue weighted by atomic mass is 9.94. The fourth-order valence-corrected chi connectivity index (χ4v) is 0.716. The van der Waals surface area contributed by atoms with Crippen molar-refractivity contribution in [3.63, 3.8) is 0 Å². The number of carbonyl (C=O) groups excluding carboxylic acids is 1. The lowest BCUT2D eigenvalue weighted by molar-refractivity contribution is -0.147. The van der Waals surface area contributed by atoms with Gasteiger partial charge in [-0.1, -0.05) is 13.3 Å². The van der Waals surface area contributed by atoms with Crippen LogP contribution in [0.4, 0.5) is 0 Å². The van der Waals surface area contributed by atoms with Gasteiger partial charge in [-0.3, -0.25) is 4.79 Å². The molecule has 70 valence electrons. The standard InChI is InChI=1S/C8H15NO3/c1-3-4-5-6(10)8(2,9)7(11)12/h3-5,9H2,1-2H3,(H,11,12). The summed E-state index contributed by atoms with van der Waals surface area (Å²) in [5.74, 6) is -1.67. The molecule has 0 saturated carbocycles. The SMILES string of the molecule is CCCCC(=O)C(C)(N)C(=O)O. The first-order valence-electron chi connectivity index (χ1n) is 3.98. The highest BCUT2D eigenvalue weighted by atomic mass is 16.4. The number of unbranched alkanes of at least 4 members (excludes halogenated alkanes) is 1. The van der Waals surface area contributed by atoms with Crippen LogP contribution in [-0.4, -0.2) is 22.4 Å². The topological polar surface area (TPSA) is 80.4 Å². The van der Waals surface area contributed by atoms with E-state index in [1.807, 2.05) is 6.92 Å². The number of Topliss-reactive ketones (excluding diaryl/α,β-unsaturated/α-hetero) is 1. The van der Waals surface area contributed by atoms with Gasteiger partial charge in [-0.25, -0.2) is 4.79 Å². The second kappa shape index (κ2) is 4.21. The Bertz CT molecular complexity index is 187. The fraction of sp³-hybridized carbons (Fsp3) is 0.750. The molecule has 0 aromatic rings. The molecule has 12 heavy (non-hydrogen) atoms. The summed E-state index contributed by atoms with van der Waals surface area (Å²) in [5.41, 5.74) is 3.58. The van der Waals surface area contributed by atoms with Crippen molar-refractivity contribution < 1.29 is 14.7 Å². The highest BCUT2D eigenvalue weighted by Gasteiger charge is 2.35. The highest BCUT2D eigenvalue weighted by Crippen LogP contribution is 2.07. The van der Waals surface area contributed by atoms with Crippen molar-refractivity contribution in [2.75, 3.05) is 0 Å². The Hall–Kier alpha value is -0.900. The smallest absolute Gasteiger partial charge is 0.331 e. The van der Waals surface area contributed by atoms with Crippen LogP contribution < -0.4 is 5.73 Å². The van der Waals surface area contributed by atoms with Crippen LogP contribution in [0.15, 0.2) is 0 Å². The first-order chi connectivity index (χ1) is 5.42. The largest absolute Gasteiger partial charge is 0.480 e. The molecule has 0 radical (unpaired) electrons. The van der Waals surface area contributed by atoms with Gasteiger partial charge in [-0.05, 0) is 13.3 Å². The molecule has 0 bridgehead atoms. The average molecular weight is 173 g/mol. The lowest BCUT2D eigenvalue weighted by Gasteiger charge is -2.16. The van der Waals surface area contributed by atoms with E-state index in [4.69, 9.17) is 10.8 Å². The number of ketones is 1. The Balaban J connectivity index is 4.16. The molecule has 0 aliphatic rings. The van der Waals surface area contributed by atoms with Gasteiger partial charge in [-0.2, -0.15) is 0 Å². The summed E-state index contributed by atoms with van der Waals surface area (Å²) in [6, 6.07) is 0. The van der Waals surface area contributed by atoms with Crippen LogP contribution in [0.25, 0.3) is 0 Å². The molecule has 0 aromatic heterocycles. The zero-order valence-electron chi connectivity index (χ0n) is 7.46. The Kier molecular flexibility index (Phi) is 3.89. The minimum atomic E-state index is -1.71. The first kappa shape index (κ1) is 11.1. The van der Waals surface area contributed by atoms with Crippen LogP contribution >= 0.6 is 0 Å². The van der Waals surface area contributed by atoms with Crippen LogP contribution in [0.1, 0.15) is 33.1 Å². The zero-order valence-corrected chi connectivity index (χ0v) is 7.46. The molecule has 0 heterocycles. The second-order valence-electron chi connectivity index (χ2n) is 3.03. The van der Waals surface area contributed by atoms with E-state index in [1.54, 1.807) is 0 Å². The summed E-state index contributed by atoms with van der Waals surface area (Å²) >= 11 is 0. The zero-order chi connectivity index (χ0) is 9.78. The number of carboxylic acid groups (broad SMARTS) is 1. The minimum Gasteiger partial charge on any atom is -0.480 e. The van der Waals surface area contributed by atoms with E-state index in [9.17, 15) is 9.59 Å². The predicted molar refractivity (Wildman–Crippen MR) is 44.8 cm³/mol. The number of rotatable bonds is 5. The number of carbonyl (C=O) groups is 2. The third-order valence-corrected chi connectivity index (χ3v) is 1.78. The van der Waals surface area contributed by atoms with Gasteiger partial charge in [0, 0.05) is 6.42 Å². The average Bonchev–Trinajstić information content (AvgIpc) is 1.99. The molecule has 4 nitrogen and oxygen atoms in total. The number of nitrogens with two attached hydrogens (primary N) is 1. The second-order valence-corrected chi connectivity index (χ2v) is 3.03. The maximum absolute atomic E-state index is 11.2. The van der Waals surface area contributed by atoms with Gasteiger partial charge in [0.1, 0.15) is 0 Å². The Morgan fingerprint density at radius 3 is 2.33 bits per heavy atom. The third kappa shape index (κ3) is 2.62. The third-order valence-electron chi connectivity index (χ3n) is 1.78. The van der Waals surface area contributed by atoms with E-state index in [2.05, 4.69) is 0 Å². The van der Waals surface area contributed by atoms with Crippen molar-refractivity contribution in [2.24, 2.45) is 5.73 Å². The summed E-state index contributed by atoms with van der Waals surface area (Å²) in [5, 5.41) is 8.57. The van der Waals surface area contributed by atoms with Crippen molar-refractivity contribution in [1.29, 1.82) is 0 Å². The van der Waals surface area contributed by atoms with Crippen LogP contribution in [0, 0.1) is 0 Å². The lowest BCUT2D eigenvalue weighted by Crippen LogP contribution is -2.52. The fourth-order valence-electron chi connectivity index (χ4n) is 0.716. The van der Waals surface area contributed by atoms with Crippen molar-refractivity contribution in [1.82, 2.24) is 0 Å². The van der Waals surface area contributed by atoms with Gasteiger partial charge in [-0.15, -0.1) is 0 Å². The molecule has 0 aromatic carbocycles. The Morgan fingerprint density at radius 2 is 2.00 bits per heavy atom. The van der Waals surface area contributed by atoms with Crippen molar-refractivity contribution in [3.05, 3.63) is 0 Å². The number of carboxylic acids is 1. The molecule has 0 rings (SSSR count). The molecule has 3 N–H and O–H groups in total. The monoisotopic (exact) mass is 173 g/mol. The molecular weight excluding hydrogens is 158 g/mol. The molecule has 0 aliphatic carbocycles. The van der Waals surface area contributed by atoms with Gasteiger partial charge in [0.25, 0.3) is 0 Å². The minimum absolute atomic E-state index is 0.246. The maximum atomic E-state index is 11.2.